The van der Waals surface area contributed by atoms with E-state index in [0.717, 1.165) is 7.14 Å². The van der Waals surface area contributed by atoms with Gasteiger partial charge in [-0.2, -0.15) is 0 Å². The predicted octanol–water partition coefficient (Wildman–Crippen LogP) is 5.42. The number of sulfone groups is 1. The number of carbonyl (C=O) groups excluding carboxylic acids is 1. The Morgan fingerprint density at radius 2 is 1.42 bits per heavy atom. The molecule has 154 valence electrons. The van der Waals surface area contributed by atoms with E-state index < -0.39 is 15.6 Å². The summed E-state index contributed by atoms with van der Waals surface area (Å²) in [5, 5.41) is 0. The summed E-state index contributed by atoms with van der Waals surface area (Å²) in [6, 6.07) is 16.7. The third kappa shape index (κ3) is 4.55. The van der Waals surface area contributed by atoms with Crippen LogP contribution >= 0.6 is 45.2 Å². The number of hydrogen-bond acceptors (Lipinski definition) is 5. The normalized spacial score (nSPS) is 11.3. The number of hydrogen-bond donors (Lipinski definition) is 0. The van der Waals surface area contributed by atoms with Crippen LogP contribution in [0.4, 0.5) is 0 Å². The van der Waals surface area contributed by atoms with Gasteiger partial charge in [0, 0.05) is 54.2 Å². The van der Waals surface area contributed by atoms with E-state index in [-0.39, 0.29) is 15.4 Å². The zero-order valence-electron chi connectivity index (χ0n) is 15.9. The largest absolute Gasteiger partial charge is 0.289 e. The molecule has 0 N–H and O–H groups in total. The maximum absolute atomic E-state index is 13.8. The second-order valence-electron chi connectivity index (χ2n) is 6.60. The van der Waals surface area contributed by atoms with Crippen molar-refractivity contribution in [3.63, 3.8) is 0 Å². The summed E-state index contributed by atoms with van der Waals surface area (Å²) >= 11 is 4.21. The summed E-state index contributed by atoms with van der Waals surface area (Å²) in [5.41, 5.74) is 1.68. The van der Waals surface area contributed by atoms with Gasteiger partial charge in [0.25, 0.3) is 0 Å². The molecule has 8 heteroatoms. The lowest BCUT2D eigenvalue weighted by Gasteiger charge is -2.14. The Morgan fingerprint density at radius 1 is 0.774 bits per heavy atom. The van der Waals surface area contributed by atoms with E-state index in [4.69, 9.17) is 0 Å². The summed E-state index contributed by atoms with van der Waals surface area (Å²) in [7, 11) is -4.01. The van der Waals surface area contributed by atoms with Gasteiger partial charge < -0.3 is 0 Å². The van der Waals surface area contributed by atoms with Gasteiger partial charge in [0.05, 0.1) is 9.79 Å². The molecule has 0 atom stereocenters. The fourth-order valence-corrected chi connectivity index (χ4v) is 5.79. The molecule has 0 saturated heterocycles. The standard InChI is InChI=1S/C23H14I2N2O3S/c24-17-5-7-21(19(11-17)15-3-1-9-26-13-15)31(29,30)22-8-6-18(25)12-20(22)23(28)16-4-2-10-27-14-16/h1-14H. The van der Waals surface area contributed by atoms with Crippen LogP contribution in [0.15, 0.2) is 95.2 Å². The van der Waals surface area contributed by atoms with Gasteiger partial charge >= 0.3 is 0 Å². The Morgan fingerprint density at radius 3 is 2.06 bits per heavy atom. The molecule has 0 unspecified atom stereocenters. The Bertz CT molecular complexity index is 1380. The molecule has 0 aliphatic heterocycles. The fraction of sp³-hybridized carbons (Fsp3) is 0. The molecular formula is C23H14I2N2O3S. The number of ketones is 1. The highest BCUT2D eigenvalue weighted by atomic mass is 127. The number of carbonyl (C=O) groups is 1. The van der Waals surface area contributed by atoms with Gasteiger partial charge in [0.1, 0.15) is 0 Å². The Labute approximate surface area is 207 Å². The molecule has 4 rings (SSSR count). The number of pyridine rings is 2. The summed E-state index contributed by atoms with van der Waals surface area (Å²) < 4.78 is 29.3. The van der Waals surface area contributed by atoms with Gasteiger partial charge in [-0.1, -0.05) is 6.07 Å². The van der Waals surface area contributed by atoms with Gasteiger partial charge in [-0.3, -0.25) is 14.8 Å². The molecule has 5 nitrogen and oxygen atoms in total. The molecule has 4 aromatic rings. The van der Waals surface area contributed by atoms with E-state index in [2.05, 4.69) is 55.1 Å². The first-order chi connectivity index (χ1) is 14.9. The topological polar surface area (TPSA) is 77.0 Å². The molecule has 0 amide bonds. The maximum atomic E-state index is 13.8. The van der Waals surface area contributed by atoms with Gasteiger partial charge in [-0.05, 0) is 99.8 Å². The lowest BCUT2D eigenvalue weighted by Crippen LogP contribution is -2.12. The second-order valence-corrected chi connectivity index (χ2v) is 11.0. The molecule has 0 fully saturated rings. The van der Waals surface area contributed by atoms with Crippen molar-refractivity contribution in [2.24, 2.45) is 0 Å². The minimum Gasteiger partial charge on any atom is -0.289 e. The van der Waals surface area contributed by atoms with Crippen LogP contribution in [0, 0.1) is 7.14 Å². The van der Waals surface area contributed by atoms with E-state index in [9.17, 15) is 13.2 Å². The van der Waals surface area contributed by atoms with Crippen molar-refractivity contribution in [3.8, 4) is 11.1 Å². The number of aromatic nitrogens is 2. The van der Waals surface area contributed by atoms with Gasteiger partial charge in [-0.15, -0.1) is 0 Å². The molecule has 0 bridgehead atoms. The zero-order chi connectivity index (χ0) is 22.0. The van der Waals surface area contributed by atoms with Crippen molar-refractivity contribution < 1.29 is 13.2 Å². The summed E-state index contributed by atoms with van der Waals surface area (Å²) in [5.74, 6) is -0.390. The molecule has 0 saturated carbocycles. The third-order valence-corrected chi connectivity index (χ3v) is 7.82. The monoisotopic (exact) mass is 652 g/mol. The molecule has 2 aromatic carbocycles. The van der Waals surface area contributed by atoms with Crippen LogP contribution in [-0.4, -0.2) is 24.2 Å². The maximum Gasteiger partial charge on any atom is 0.207 e. The predicted molar refractivity (Wildman–Crippen MR) is 135 cm³/mol. The van der Waals surface area contributed by atoms with Crippen molar-refractivity contribution in [1.82, 2.24) is 9.97 Å². The minimum absolute atomic E-state index is 0.0342. The van der Waals surface area contributed by atoms with E-state index in [1.165, 1.54) is 12.3 Å². The van der Waals surface area contributed by atoms with Crippen molar-refractivity contribution in [1.29, 1.82) is 0 Å². The molecular weight excluding hydrogens is 638 g/mol. The Balaban J connectivity index is 1.93. The first-order valence-corrected chi connectivity index (χ1v) is 12.7. The first-order valence-electron chi connectivity index (χ1n) is 9.07. The average Bonchev–Trinajstić information content (AvgIpc) is 2.79. The Kier molecular flexibility index (Phi) is 6.49. The summed E-state index contributed by atoms with van der Waals surface area (Å²) in [6.45, 7) is 0. The summed E-state index contributed by atoms with van der Waals surface area (Å²) in [4.78, 5) is 21.4. The van der Waals surface area contributed by atoms with Crippen molar-refractivity contribution in [2.75, 3.05) is 0 Å². The number of halogens is 2. The number of benzene rings is 2. The molecule has 0 aliphatic carbocycles. The highest BCUT2D eigenvalue weighted by molar-refractivity contribution is 14.1. The van der Waals surface area contributed by atoms with Crippen LogP contribution in [0.25, 0.3) is 11.1 Å². The highest BCUT2D eigenvalue weighted by Crippen LogP contribution is 2.34. The fourth-order valence-electron chi connectivity index (χ4n) is 3.17. The van der Waals surface area contributed by atoms with E-state index in [1.807, 2.05) is 6.07 Å². The molecule has 0 spiro atoms. The minimum atomic E-state index is -4.01. The Hall–Kier alpha value is -2.18. The lowest BCUT2D eigenvalue weighted by atomic mass is 10.1. The van der Waals surface area contributed by atoms with E-state index in [0.29, 0.717) is 16.7 Å². The molecule has 0 aliphatic rings. The van der Waals surface area contributed by atoms with Crippen LogP contribution in [0.1, 0.15) is 15.9 Å². The first kappa shape index (κ1) is 22.0. The van der Waals surface area contributed by atoms with Gasteiger partial charge in [-0.25, -0.2) is 8.42 Å². The van der Waals surface area contributed by atoms with E-state index in [1.54, 1.807) is 67.1 Å². The zero-order valence-corrected chi connectivity index (χ0v) is 21.0. The molecule has 31 heavy (non-hydrogen) atoms. The third-order valence-electron chi connectivity index (χ3n) is 4.60. The lowest BCUT2D eigenvalue weighted by molar-refractivity contribution is 0.103. The second kappa shape index (κ2) is 9.13. The van der Waals surface area contributed by atoms with Gasteiger partial charge in [0.15, 0.2) is 5.78 Å². The molecule has 2 heterocycles. The van der Waals surface area contributed by atoms with Crippen molar-refractivity contribution in [3.05, 3.63) is 104 Å². The van der Waals surface area contributed by atoms with Crippen LogP contribution in [0.2, 0.25) is 0 Å². The van der Waals surface area contributed by atoms with Crippen molar-refractivity contribution in [2.45, 2.75) is 9.79 Å². The SMILES string of the molecule is O=C(c1cccnc1)c1cc(I)ccc1S(=O)(=O)c1ccc(I)cc1-c1cccnc1. The number of nitrogens with zero attached hydrogens (tertiary/aromatic N) is 2. The quantitative estimate of drug-likeness (QED) is 0.213. The van der Waals surface area contributed by atoms with Crippen LogP contribution in [0.5, 0.6) is 0 Å². The van der Waals surface area contributed by atoms with Crippen LogP contribution < -0.4 is 0 Å². The molecule has 2 aromatic heterocycles. The highest BCUT2D eigenvalue weighted by Gasteiger charge is 2.28. The van der Waals surface area contributed by atoms with E-state index >= 15 is 0 Å². The smallest absolute Gasteiger partial charge is 0.207 e. The van der Waals surface area contributed by atoms with Crippen LogP contribution in [0.3, 0.4) is 0 Å². The summed E-state index contributed by atoms with van der Waals surface area (Å²) in [6.07, 6.45) is 6.26. The average molecular weight is 652 g/mol. The number of rotatable bonds is 5. The molecule has 0 radical (unpaired) electrons. The van der Waals surface area contributed by atoms with Crippen molar-refractivity contribution >= 4 is 60.8 Å². The van der Waals surface area contributed by atoms with Crippen LogP contribution in [-0.2, 0) is 9.84 Å². The van der Waals surface area contributed by atoms with Gasteiger partial charge in [0.2, 0.25) is 9.84 Å².